The van der Waals surface area contributed by atoms with Gasteiger partial charge in [0.2, 0.25) is 0 Å². The Morgan fingerprint density at radius 1 is 1.19 bits per heavy atom. The Balaban J connectivity index is 1.70. The third-order valence-corrected chi connectivity index (χ3v) is 3.62. The summed E-state index contributed by atoms with van der Waals surface area (Å²) in [6.07, 6.45) is -0.531. The van der Waals surface area contributed by atoms with Crippen LogP contribution in [0.3, 0.4) is 0 Å². The zero-order chi connectivity index (χ0) is 15.1. The summed E-state index contributed by atoms with van der Waals surface area (Å²) in [7, 11) is 0. The normalized spacial score (nSPS) is 12.1. The van der Waals surface area contributed by atoms with Crippen molar-refractivity contribution in [1.82, 2.24) is 5.32 Å². The summed E-state index contributed by atoms with van der Waals surface area (Å²) < 4.78 is 6.68. The number of benzene rings is 2. The summed E-state index contributed by atoms with van der Waals surface area (Å²) in [5.41, 5.74) is 2.25. The van der Waals surface area contributed by atoms with Crippen molar-refractivity contribution in [1.29, 1.82) is 0 Å². The van der Waals surface area contributed by atoms with Crippen LogP contribution in [0.2, 0.25) is 0 Å². The molecule has 0 aliphatic carbocycles. The minimum absolute atomic E-state index is 0.288. The van der Waals surface area contributed by atoms with Crippen molar-refractivity contribution < 1.29 is 9.84 Å². The van der Waals surface area contributed by atoms with Crippen molar-refractivity contribution in [2.24, 2.45) is 0 Å². The van der Waals surface area contributed by atoms with Gasteiger partial charge < -0.3 is 15.2 Å². The van der Waals surface area contributed by atoms with E-state index in [0.717, 1.165) is 22.3 Å². The average molecular weight is 350 g/mol. The molecule has 0 saturated carbocycles. The maximum absolute atomic E-state index is 9.94. The molecule has 1 unspecified atom stereocenters. The topological polar surface area (TPSA) is 41.5 Å². The van der Waals surface area contributed by atoms with Crippen LogP contribution >= 0.6 is 15.9 Å². The number of rotatable bonds is 7. The van der Waals surface area contributed by atoms with E-state index in [1.807, 2.05) is 49.4 Å². The number of halogens is 1. The summed E-state index contributed by atoms with van der Waals surface area (Å²) in [4.78, 5) is 0. The SMILES string of the molecule is Cc1ccccc1OCC(O)CNCc1cccc(Br)c1. The van der Waals surface area contributed by atoms with Gasteiger partial charge >= 0.3 is 0 Å². The van der Waals surface area contributed by atoms with Crippen molar-refractivity contribution in [2.45, 2.75) is 19.6 Å². The van der Waals surface area contributed by atoms with Crippen molar-refractivity contribution in [3.8, 4) is 5.75 Å². The van der Waals surface area contributed by atoms with Crippen molar-refractivity contribution in [3.63, 3.8) is 0 Å². The van der Waals surface area contributed by atoms with Crippen LogP contribution in [-0.4, -0.2) is 24.4 Å². The van der Waals surface area contributed by atoms with Crippen LogP contribution in [0.15, 0.2) is 53.0 Å². The molecule has 0 radical (unpaired) electrons. The van der Waals surface area contributed by atoms with Crippen LogP contribution in [0.25, 0.3) is 0 Å². The van der Waals surface area contributed by atoms with Crippen LogP contribution in [0.4, 0.5) is 0 Å². The van der Waals surface area contributed by atoms with Gasteiger partial charge in [-0.25, -0.2) is 0 Å². The van der Waals surface area contributed by atoms with E-state index in [1.54, 1.807) is 0 Å². The van der Waals surface area contributed by atoms with E-state index in [4.69, 9.17) is 4.74 Å². The fraction of sp³-hybridized carbons (Fsp3) is 0.294. The Morgan fingerprint density at radius 3 is 2.76 bits per heavy atom. The lowest BCUT2D eigenvalue weighted by atomic mass is 10.2. The molecular formula is C17H20BrNO2. The van der Waals surface area contributed by atoms with Crippen molar-refractivity contribution >= 4 is 15.9 Å². The lowest BCUT2D eigenvalue weighted by molar-refractivity contribution is 0.106. The van der Waals surface area contributed by atoms with Gasteiger partial charge in [0.1, 0.15) is 18.5 Å². The predicted molar refractivity (Wildman–Crippen MR) is 88.5 cm³/mol. The number of para-hydroxylation sites is 1. The second-order valence-corrected chi connectivity index (χ2v) is 5.91. The molecule has 2 rings (SSSR count). The van der Waals surface area contributed by atoms with E-state index in [0.29, 0.717) is 6.54 Å². The molecule has 0 heterocycles. The van der Waals surface area contributed by atoms with E-state index in [2.05, 4.69) is 27.3 Å². The summed E-state index contributed by atoms with van der Waals surface area (Å²) in [6.45, 7) is 3.50. The highest BCUT2D eigenvalue weighted by Gasteiger charge is 2.06. The van der Waals surface area contributed by atoms with E-state index in [-0.39, 0.29) is 6.61 Å². The van der Waals surface area contributed by atoms with Gasteiger partial charge in [-0.15, -0.1) is 0 Å². The van der Waals surface area contributed by atoms with Crippen LogP contribution in [-0.2, 0) is 6.54 Å². The van der Waals surface area contributed by atoms with Crippen LogP contribution in [0.1, 0.15) is 11.1 Å². The molecule has 0 spiro atoms. The molecule has 0 amide bonds. The van der Waals surface area contributed by atoms with E-state index >= 15 is 0 Å². The Morgan fingerprint density at radius 2 is 2.00 bits per heavy atom. The molecule has 2 aromatic carbocycles. The Hall–Kier alpha value is -1.36. The van der Waals surface area contributed by atoms with Gasteiger partial charge in [0, 0.05) is 17.6 Å². The monoisotopic (exact) mass is 349 g/mol. The number of hydrogen-bond donors (Lipinski definition) is 2. The number of ether oxygens (including phenoxy) is 1. The molecular weight excluding hydrogens is 330 g/mol. The predicted octanol–water partition coefficient (Wildman–Crippen LogP) is 3.29. The zero-order valence-electron chi connectivity index (χ0n) is 12.1. The van der Waals surface area contributed by atoms with Crippen LogP contribution < -0.4 is 10.1 Å². The number of aliphatic hydroxyl groups excluding tert-OH is 1. The first-order valence-corrected chi connectivity index (χ1v) is 7.76. The number of aryl methyl sites for hydroxylation is 1. The maximum atomic E-state index is 9.94. The standard InChI is InChI=1S/C17H20BrNO2/c1-13-5-2-3-8-17(13)21-12-16(20)11-19-10-14-6-4-7-15(18)9-14/h2-9,16,19-20H,10-12H2,1H3. The minimum Gasteiger partial charge on any atom is -0.491 e. The second kappa shape index (κ2) is 8.17. The molecule has 112 valence electrons. The quantitative estimate of drug-likeness (QED) is 0.805. The van der Waals surface area contributed by atoms with Crippen molar-refractivity contribution in [3.05, 3.63) is 64.1 Å². The molecule has 0 aromatic heterocycles. The van der Waals surface area contributed by atoms with Gasteiger partial charge in [0.25, 0.3) is 0 Å². The fourth-order valence-corrected chi connectivity index (χ4v) is 2.44. The lowest BCUT2D eigenvalue weighted by Gasteiger charge is -2.14. The van der Waals surface area contributed by atoms with Gasteiger partial charge in [-0.2, -0.15) is 0 Å². The molecule has 3 nitrogen and oxygen atoms in total. The summed E-state index contributed by atoms with van der Waals surface area (Å²) in [5.74, 6) is 0.823. The van der Waals surface area contributed by atoms with Gasteiger partial charge in [0.05, 0.1) is 0 Å². The number of aliphatic hydroxyl groups is 1. The van der Waals surface area contributed by atoms with Gasteiger partial charge in [-0.05, 0) is 36.2 Å². The molecule has 2 aromatic rings. The third-order valence-electron chi connectivity index (χ3n) is 3.12. The summed E-state index contributed by atoms with van der Waals surface area (Å²) >= 11 is 3.44. The largest absolute Gasteiger partial charge is 0.491 e. The number of hydrogen-bond acceptors (Lipinski definition) is 3. The van der Waals surface area contributed by atoms with Gasteiger partial charge in [-0.1, -0.05) is 46.3 Å². The summed E-state index contributed by atoms with van der Waals surface area (Å²) in [5, 5.41) is 13.2. The Kier molecular flexibility index (Phi) is 6.23. The number of nitrogens with one attached hydrogen (secondary N) is 1. The molecule has 0 aliphatic rings. The van der Waals surface area contributed by atoms with E-state index in [1.165, 1.54) is 5.56 Å². The van der Waals surface area contributed by atoms with E-state index < -0.39 is 6.10 Å². The highest BCUT2D eigenvalue weighted by molar-refractivity contribution is 9.10. The molecule has 1 atom stereocenters. The van der Waals surface area contributed by atoms with E-state index in [9.17, 15) is 5.11 Å². The van der Waals surface area contributed by atoms with Crippen molar-refractivity contribution in [2.75, 3.05) is 13.2 Å². The third kappa shape index (κ3) is 5.50. The van der Waals surface area contributed by atoms with Gasteiger partial charge in [0.15, 0.2) is 0 Å². The second-order valence-electron chi connectivity index (χ2n) is 4.99. The highest BCUT2D eigenvalue weighted by atomic mass is 79.9. The smallest absolute Gasteiger partial charge is 0.122 e. The first-order chi connectivity index (χ1) is 10.1. The molecule has 0 bridgehead atoms. The Bertz CT molecular complexity index is 574. The molecule has 0 fully saturated rings. The Labute approximate surface area is 134 Å². The first kappa shape index (κ1) is 16.0. The lowest BCUT2D eigenvalue weighted by Crippen LogP contribution is -2.31. The molecule has 0 saturated heterocycles. The van der Waals surface area contributed by atoms with Crippen LogP contribution in [0.5, 0.6) is 5.75 Å². The van der Waals surface area contributed by atoms with Crippen LogP contribution in [0, 0.1) is 6.92 Å². The molecule has 0 aliphatic heterocycles. The molecule has 21 heavy (non-hydrogen) atoms. The highest BCUT2D eigenvalue weighted by Crippen LogP contribution is 2.16. The summed E-state index contributed by atoms with van der Waals surface area (Å²) in [6, 6.07) is 15.9. The average Bonchev–Trinajstić information content (AvgIpc) is 2.46. The zero-order valence-corrected chi connectivity index (χ0v) is 13.6. The molecule has 4 heteroatoms. The minimum atomic E-state index is -0.531. The molecule has 2 N–H and O–H groups in total. The first-order valence-electron chi connectivity index (χ1n) is 6.97. The fourth-order valence-electron chi connectivity index (χ4n) is 1.99. The maximum Gasteiger partial charge on any atom is 0.122 e. The van der Waals surface area contributed by atoms with Gasteiger partial charge in [-0.3, -0.25) is 0 Å².